The average Bonchev–Trinajstić information content (AvgIpc) is 3.22. The summed E-state index contributed by atoms with van der Waals surface area (Å²) >= 11 is 1.78. The van der Waals surface area contributed by atoms with Gasteiger partial charge in [-0.1, -0.05) is 18.1 Å². The Hall–Kier alpha value is -1.57. The van der Waals surface area contributed by atoms with Crippen LogP contribution in [0.1, 0.15) is 60.1 Å². The number of aliphatic carboxylic acids is 1. The van der Waals surface area contributed by atoms with E-state index in [-0.39, 0.29) is 31.2 Å². The first-order valence-corrected chi connectivity index (χ1v) is 13.3. The number of carbonyl (C=O) groups is 1. The van der Waals surface area contributed by atoms with Gasteiger partial charge in [-0.2, -0.15) is 0 Å². The van der Waals surface area contributed by atoms with Gasteiger partial charge in [-0.25, -0.2) is 0 Å². The highest BCUT2D eigenvalue weighted by atomic mass is 35.5. The molecule has 0 amide bonds. The number of thiophene rings is 1. The number of carboxylic acids is 1. The van der Waals surface area contributed by atoms with Crippen molar-refractivity contribution in [2.75, 3.05) is 39.3 Å². The lowest BCUT2D eigenvalue weighted by atomic mass is 9.89. The second-order valence-corrected chi connectivity index (χ2v) is 10.5. The summed E-state index contributed by atoms with van der Waals surface area (Å²) in [6.45, 7) is 7.76. The van der Waals surface area contributed by atoms with Gasteiger partial charge in [0, 0.05) is 34.7 Å². The molecular weight excluding hydrogens is 503 g/mol. The Labute approximate surface area is 225 Å². The largest absolute Gasteiger partial charge is 0.488 e. The molecule has 5 rings (SSSR count). The molecule has 0 unspecified atom stereocenters. The van der Waals surface area contributed by atoms with Crippen molar-refractivity contribution >= 4 is 47.7 Å². The maximum absolute atomic E-state index is 11.3. The van der Waals surface area contributed by atoms with Crippen LogP contribution < -0.4 is 4.74 Å². The molecule has 1 aromatic heterocycles. The molecule has 0 bridgehead atoms. The van der Waals surface area contributed by atoms with Crippen molar-refractivity contribution < 1.29 is 14.6 Å². The van der Waals surface area contributed by atoms with Gasteiger partial charge in [0.2, 0.25) is 0 Å². The smallest absolute Gasteiger partial charge is 0.307 e. The molecule has 1 N–H and O–H groups in total. The van der Waals surface area contributed by atoms with E-state index in [0.717, 1.165) is 42.8 Å². The zero-order valence-electron chi connectivity index (χ0n) is 20.2. The Morgan fingerprint density at radius 3 is 2.40 bits per heavy atom. The molecule has 5 nitrogen and oxygen atoms in total. The Morgan fingerprint density at radius 2 is 1.69 bits per heavy atom. The van der Waals surface area contributed by atoms with E-state index in [0.29, 0.717) is 6.61 Å². The molecule has 192 valence electrons. The number of rotatable bonds is 6. The third-order valence-electron chi connectivity index (χ3n) is 7.24. The summed E-state index contributed by atoms with van der Waals surface area (Å²) < 4.78 is 6.16. The molecule has 0 aliphatic carbocycles. The van der Waals surface area contributed by atoms with Crippen molar-refractivity contribution in [2.45, 2.75) is 51.6 Å². The van der Waals surface area contributed by atoms with Crippen LogP contribution in [-0.2, 0) is 17.8 Å². The van der Waals surface area contributed by atoms with Gasteiger partial charge < -0.3 is 19.6 Å². The Bertz CT molecular complexity index is 1020. The number of piperidine rings is 2. The van der Waals surface area contributed by atoms with Crippen LogP contribution >= 0.6 is 36.2 Å². The summed E-state index contributed by atoms with van der Waals surface area (Å²) in [5.74, 6) is 0.0763. The van der Waals surface area contributed by atoms with Crippen molar-refractivity contribution in [1.29, 1.82) is 0 Å². The predicted octanol–water partition coefficient (Wildman–Crippen LogP) is 5.88. The molecule has 2 aromatic rings. The second-order valence-electron chi connectivity index (χ2n) is 9.54. The zero-order valence-corrected chi connectivity index (χ0v) is 22.6. The minimum Gasteiger partial charge on any atom is -0.488 e. The monoisotopic (exact) mass is 538 g/mol. The van der Waals surface area contributed by atoms with E-state index in [2.05, 4.69) is 21.2 Å². The molecule has 35 heavy (non-hydrogen) atoms. The summed E-state index contributed by atoms with van der Waals surface area (Å²) in [7, 11) is 0. The molecule has 3 aliphatic rings. The van der Waals surface area contributed by atoms with Crippen LogP contribution in [0.5, 0.6) is 5.75 Å². The molecule has 3 aliphatic heterocycles. The van der Waals surface area contributed by atoms with Crippen molar-refractivity contribution in [3.05, 3.63) is 56.8 Å². The van der Waals surface area contributed by atoms with Gasteiger partial charge in [-0.05, 0) is 87.4 Å². The average molecular weight is 540 g/mol. The van der Waals surface area contributed by atoms with Crippen LogP contribution in [0.3, 0.4) is 0 Å². The molecule has 2 fully saturated rings. The van der Waals surface area contributed by atoms with E-state index >= 15 is 0 Å². The quantitative estimate of drug-likeness (QED) is 0.497. The fourth-order valence-electron chi connectivity index (χ4n) is 5.48. The van der Waals surface area contributed by atoms with E-state index in [9.17, 15) is 9.90 Å². The highest BCUT2D eigenvalue weighted by Crippen LogP contribution is 2.43. The van der Waals surface area contributed by atoms with E-state index in [4.69, 9.17) is 4.74 Å². The number of hydrogen-bond acceptors (Lipinski definition) is 5. The lowest BCUT2D eigenvalue weighted by Crippen LogP contribution is -2.35. The number of fused-ring (bicyclic) bond motifs is 2. The number of benzene rings is 1. The lowest BCUT2D eigenvalue weighted by Gasteiger charge is -2.31. The van der Waals surface area contributed by atoms with E-state index in [1.54, 1.807) is 11.3 Å². The van der Waals surface area contributed by atoms with Gasteiger partial charge in [0.1, 0.15) is 12.4 Å². The van der Waals surface area contributed by atoms with Gasteiger partial charge in [0.15, 0.2) is 0 Å². The van der Waals surface area contributed by atoms with Crippen LogP contribution in [0.25, 0.3) is 5.57 Å². The van der Waals surface area contributed by atoms with Gasteiger partial charge in [0.25, 0.3) is 0 Å². The van der Waals surface area contributed by atoms with Gasteiger partial charge in [-0.3, -0.25) is 4.79 Å². The van der Waals surface area contributed by atoms with Crippen molar-refractivity contribution in [3.8, 4) is 5.75 Å². The summed E-state index contributed by atoms with van der Waals surface area (Å²) in [5.41, 5.74) is 5.93. The number of hydrogen-bond donors (Lipinski definition) is 1. The number of halogens is 2. The molecule has 2 saturated heterocycles. The molecule has 0 radical (unpaired) electrons. The third-order valence-corrected chi connectivity index (χ3v) is 8.21. The molecule has 0 atom stereocenters. The van der Waals surface area contributed by atoms with Crippen LogP contribution in [-0.4, -0.2) is 60.1 Å². The number of nitrogens with zero attached hydrogens (tertiary/aromatic N) is 2. The first-order valence-electron chi connectivity index (χ1n) is 12.4. The predicted molar refractivity (Wildman–Crippen MR) is 148 cm³/mol. The van der Waals surface area contributed by atoms with E-state index in [1.165, 1.54) is 73.4 Å². The SMILES string of the molecule is Cl.Cl.O=C(O)Cc1ccc2c(c1)C(=C1CCN(CCCN3CCCCC3)CC1)c1sccc1CO2. The summed E-state index contributed by atoms with van der Waals surface area (Å²) in [6.07, 6.45) is 7.57. The second kappa shape index (κ2) is 13.1. The van der Waals surface area contributed by atoms with Gasteiger partial charge in [-0.15, -0.1) is 36.2 Å². The number of likely N-dealkylation sites (tertiary alicyclic amines) is 2. The molecular formula is C27H36Cl2N2O3S. The fraction of sp³-hybridized carbons (Fsp3) is 0.519. The molecule has 0 saturated carbocycles. The molecule has 4 heterocycles. The summed E-state index contributed by atoms with van der Waals surface area (Å²) in [5, 5.41) is 11.4. The van der Waals surface area contributed by atoms with Crippen LogP contribution in [0, 0.1) is 0 Å². The van der Waals surface area contributed by atoms with E-state index in [1.807, 2.05) is 18.2 Å². The van der Waals surface area contributed by atoms with Crippen molar-refractivity contribution in [3.63, 3.8) is 0 Å². The molecule has 8 heteroatoms. The van der Waals surface area contributed by atoms with Crippen molar-refractivity contribution in [2.24, 2.45) is 0 Å². The van der Waals surface area contributed by atoms with Crippen molar-refractivity contribution in [1.82, 2.24) is 9.80 Å². The highest BCUT2D eigenvalue weighted by Gasteiger charge is 2.26. The normalized spacial score (nSPS) is 18.4. The Kier molecular flexibility index (Phi) is 10.5. The minimum atomic E-state index is -0.798. The fourth-order valence-corrected chi connectivity index (χ4v) is 6.50. The number of carboxylic acid groups (broad SMARTS) is 1. The molecule has 1 aromatic carbocycles. The highest BCUT2D eigenvalue weighted by molar-refractivity contribution is 7.11. The van der Waals surface area contributed by atoms with Gasteiger partial charge >= 0.3 is 5.97 Å². The molecule has 0 spiro atoms. The van der Waals surface area contributed by atoms with Crippen LogP contribution in [0.2, 0.25) is 0 Å². The summed E-state index contributed by atoms with van der Waals surface area (Å²) in [6, 6.07) is 8.06. The third kappa shape index (κ3) is 6.80. The maximum atomic E-state index is 11.3. The zero-order chi connectivity index (χ0) is 22.6. The number of ether oxygens (including phenoxy) is 1. The minimum absolute atomic E-state index is 0. The first-order chi connectivity index (χ1) is 16.2. The first kappa shape index (κ1) is 28.0. The standard InChI is InChI=1S/C27H34N2O3S.2ClH/c30-25(31)18-20-5-6-24-23(17-20)26(27-22(19-32-24)9-16-33-27)21-7-14-29(15-8-21)13-4-12-28-10-2-1-3-11-28;;/h5-6,9,16-17H,1-4,7-8,10-15,18-19H2,(H,30,31);2*1H. The van der Waals surface area contributed by atoms with E-state index < -0.39 is 5.97 Å². The summed E-state index contributed by atoms with van der Waals surface area (Å²) in [4.78, 5) is 17.9. The van der Waals surface area contributed by atoms with Crippen LogP contribution in [0.15, 0.2) is 35.2 Å². The Balaban J connectivity index is 0.00000171. The lowest BCUT2D eigenvalue weighted by molar-refractivity contribution is -0.136. The maximum Gasteiger partial charge on any atom is 0.307 e. The topological polar surface area (TPSA) is 53.0 Å². The van der Waals surface area contributed by atoms with Crippen LogP contribution in [0.4, 0.5) is 0 Å². The van der Waals surface area contributed by atoms with Gasteiger partial charge in [0.05, 0.1) is 6.42 Å². The Morgan fingerprint density at radius 1 is 0.971 bits per heavy atom.